The van der Waals surface area contributed by atoms with E-state index in [1.165, 1.54) is 0 Å². The Morgan fingerprint density at radius 3 is 2.47 bits per heavy atom. The lowest BCUT2D eigenvalue weighted by Gasteiger charge is -2.00. The van der Waals surface area contributed by atoms with Gasteiger partial charge in [0.2, 0.25) is 0 Å². The topological polar surface area (TPSA) is 47.3 Å². The summed E-state index contributed by atoms with van der Waals surface area (Å²) in [4.78, 5) is 11.2. The van der Waals surface area contributed by atoms with Crippen molar-refractivity contribution in [3.8, 4) is 0 Å². The minimum atomic E-state index is -1.16. The largest absolute Gasteiger partial charge is 0.457 e. The van der Waals surface area contributed by atoms with Crippen molar-refractivity contribution in [1.29, 1.82) is 0 Å². The van der Waals surface area contributed by atoms with Crippen LogP contribution >= 0.6 is 15.9 Å². The Morgan fingerprint density at radius 2 is 1.88 bits per heavy atom. The van der Waals surface area contributed by atoms with Crippen molar-refractivity contribution in [3.63, 3.8) is 0 Å². The summed E-state index contributed by atoms with van der Waals surface area (Å²) < 4.78 is 18.1. The molecule has 0 fully saturated rings. The van der Waals surface area contributed by atoms with E-state index in [2.05, 4.69) is 15.9 Å². The van der Waals surface area contributed by atoms with Gasteiger partial charge >= 0.3 is 0 Å². The van der Waals surface area contributed by atoms with E-state index in [9.17, 15) is 9.00 Å². The average Bonchev–Trinajstić information content (AvgIpc) is 2.77. The van der Waals surface area contributed by atoms with Gasteiger partial charge in [-0.05, 0) is 36.4 Å². The van der Waals surface area contributed by atoms with Crippen LogP contribution in [-0.2, 0) is 16.6 Å². The number of halogens is 1. The van der Waals surface area contributed by atoms with Gasteiger partial charge in [0.05, 0.1) is 16.6 Å². The Labute approximate surface area is 109 Å². The van der Waals surface area contributed by atoms with E-state index >= 15 is 0 Å². The first-order valence-electron chi connectivity index (χ1n) is 4.87. The van der Waals surface area contributed by atoms with Crippen LogP contribution in [0.3, 0.4) is 0 Å². The zero-order valence-electron chi connectivity index (χ0n) is 8.76. The molecule has 2 rings (SSSR count). The standard InChI is InChI=1S/C12H9BrO3S/c13-9-1-5-12(6-2-9)17(15)8-11-4-3-10(7-14)16-11/h1-7H,8H2. The second-order valence-electron chi connectivity index (χ2n) is 3.37. The van der Waals surface area contributed by atoms with E-state index in [1.807, 2.05) is 12.1 Å². The van der Waals surface area contributed by atoms with E-state index < -0.39 is 10.8 Å². The molecule has 0 aliphatic heterocycles. The highest BCUT2D eigenvalue weighted by Crippen LogP contribution is 2.17. The first-order chi connectivity index (χ1) is 8.19. The number of hydrogen-bond donors (Lipinski definition) is 0. The first-order valence-corrected chi connectivity index (χ1v) is 6.98. The molecule has 0 bridgehead atoms. The van der Waals surface area contributed by atoms with Gasteiger partial charge in [0, 0.05) is 9.37 Å². The van der Waals surface area contributed by atoms with E-state index in [1.54, 1.807) is 24.3 Å². The third kappa shape index (κ3) is 3.14. The van der Waals surface area contributed by atoms with Gasteiger partial charge in [-0.3, -0.25) is 9.00 Å². The van der Waals surface area contributed by atoms with E-state index in [-0.39, 0.29) is 11.5 Å². The minimum absolute atomic E-state index is 0.257. The van der Waals surface area contributed by atoms with Crippen LogP contribution in [0, 0.1) is 0 Å². The van der Waals surface area contributed by atoms with Crippen LogP contribution < -0.4 is 0 Å². The molecule has 3 nitrogen and oxygen atoms in total. The summed E-state index contributed by atoms with van der Waals surface area (Å²) in [6, 6.07) is 10.5. The van der Waals surface area contributed by atoms with E-state index in [0.29, 0.717) is 12.0 Å². The van der Waals surface area contributed by atoms with Crippen LogP contribution in [0.1, 0.15) is 16.3 Å². The average molecular weight is 313 g/mol. The molecule has 1 aromatic carbocycles. The summed E-state index contributed by atoms with van der Waals surface area (Å²) in [6.07, 6.45) is 0.631. The minimum Gasteiger partial charge on any atom is -0.457 e. The van der Waals surface area contributed by atoms with E-state index in [0.717, 1.165) is 9.37 Å². The molecule has 0 saturated carbocycles. The highest BCUT2D eigenvalue weighted by molar-refractivity contribution is 9.10. The van der Waals surface area contributed by atoms with Crippen LogP contribution in [0.15, 0.2) is 50.2 Å². The number of benzene rings is 1. The SMILES string of the molecule is O=Cc1ccc(CS(=O)c2ccc(Br)cc2)o1. The molecule has 88 valence electrons. The number of furan rings is 1. The van der Waals surface area contributed by atoms with Gasteiger partial charge in [0.15, 0.2) is 12.0 Å². The van der Waals surface area contributed by atoms with Crippen LogP contribution in [-0.4, -0.2) is 10.5 Å². The number of carbonyl (C=O) groups is 1. The fourth-order valence-corrected chi connectivity index (χ4v) is 2.62. The summed E-state index contributed by atoms with van der Waals surface area (Å²) >= 11 is 3.32. The summed E-state index contributed by atoms with van der Waals surface area (Å²) in [5.41, 5.74) is 0. The maximum Gasteiger partial charge on any atom is 0.185 e. The normalized spacial score (nSPS) is 12.3. The van der Waals surface area contributed by atoms with Gasteiger partial charge < -0.3 is 4.42 Å². The molecule has 1 unspecified atom stereocenters. The predicted molar refractivity (Wildman–Crippen MR) is 68.3 cm³/mol. The lowest BCUT2D eigenvalue weighted by atomic mass is 10.4. The maximum atomic E-state index is 12.0. The molecule has 0 spiro atoms. The zero-order valence-corrected chi connectivity index (χ0v) is 11.2. The monoisotopic (exact) mass is 312 g/mol. The van der Waals surface area contributed by atoms with Crippen molar-refractivity contribution in [2.24, 2.45) is 0 Å². The highest BCUT2D eigenvalue weighted by Gasteiger charge is 2.08. The van der Waals surface area contributed by atoms with Crippen molar-refractivity contribution in [3.05, 3.63) is 52.4 Å². The molecule has 0 aliphatic rings. The summed E-state index contributed by atoms with van der Waals surface area (Å²) in [6.45, 7) is 0. The van der Waals surface area contributed by atoms with Crippen LogP contribution in [0.5, 0.6) is 0 Å². The molecule has 0 aliphatic carbocycles. The van der Waals surface area contributed by atoms with Crippen LogP contribution in [0.25, 0.3) is 0 Å². The lowest BCUT2D eigenvalue weighted by molar-refractivity contribution is 0.109. The number of aldehydes is 1. The molecule has 0 saturated heterocycles. The van der Waals surface area contributed by atoms with Crippen molar-refractivity contribution < 1.29 is 13.4 Å². The Balaban J connectivity index is 2.11. The van der Waals surface area contributed by atoms with Crippen molar-refractivity contribution in [2.45, 2.75) is 10.6 Å². The fourth-order valence-electron chi connectivity index (χ4n) is 1.33. The van der Waals surface area contributed by atoms with Gasteiger partial charge in [-0.1, -0.05) is 15.9 Å². The van der Waals surface area contributed by atoms with Gasteiger partial charge in [0.25, 0.3) is 0 Å². The molecule has 0 N–H and O–H groups in total. The molecular formula is C12H9BrO3S. The van der Waals surface area contributed by atoms with E-state index in [4.69, 9.17) is 4.42 Å². The molecule has 5 heteroatoms. The molecule has 0 radical (unpaired) electrons. The molecule has 2 aromatic rings. The molecule has 1 aromatic heterocycles. The second kappa shape index (κ2) is 5.42. The van der Waals surface area contributed by atoms with Crippen molar-refractivity contribution in [1.82, 2.24) is 0 Å². The molecule has 1 atom stereocenters. The van der Waals surface area contributed by atoms with Gasteiger partial charge in [-0.15, -0.1) is 0 Å². The summed E-state index contributed by atoms with van der Waals surface area (Å²) in [5, 5.41) is 0. The summed E-state index contributed by atoms with van der Waals surface area (Å²) in [7, 11) is -1.16. The van der Waals surface area contributed by atoms with Gasteiger partial charge in [0.1, 0.15) is 5.76 Å². The zero-order chi connectivity index (χ0) is 12.3. The quantitative estimate of drug-likeness (QED) is 0.815. The number of rotatable bonds is 4. The second-order valence-corrected chi connectivity index (χ2v) is 5.73. The lowest BCUT2D eigenvalue weighted by Crippen LogP contribution is -1.94. The van der Waals surface area contributed by atoms with Crippen LogP contribution in [0.2, 0.25) is 0 Å². The smallest absolute Gasteiger partial charge is 0.185 e. The highest BCUT2D eigenvalue weighted by atomic mass is 79.9. The van der Waals surface area contributed by atoms with Crippen molar-refractivity contribution >= 4 is 33.0 Å². The molecule has 0 amide bonds. The predicted octanol–water partition coefficient (Wildman–Crippen LogP) is 3.16. The van der Waals surface area contributed by atoms with Crippen LogP contribution in [0.4, 0.5) is 0 Å². The third-order valence-corrected chi connectivity index (χ3v) is 4.02. The van der Waals surface area contributed by atoms with Gasteiger partial charge in [-0.25, -0.2) is 0 Å². The fraction of sp³-hybridized carbons (Fsp3) is 0.0833. The number of carbonyl (C=O) groups excluding carboxylic acids is 1. The number of hydrogen-bond acceptors (Lipinski definition) is 3. The third-order valence-electron chi connectivity index (χ3n) is 2.15. The molecule has 1 heterocycles. The maximum absolute atomic E-state index is 12.0. The Morgan fingerprint density at radius 1 is 1.18 bits per heavy atom. The van der Waals surface area contributed by atoms with Gasteiger partial charge in [-0.2, -0.15) is 0 Å². The summed E-state index contributed by atoms with van der Waals surface area (Å²) in [5.74, 6) is 1.08. The Kier molecular flexibility index (Phi) is 3.91. The van der Waals surface area contributed by atoms with Crippen molar-refractivity contribution in [2.75, 3.05) is 0 Å². The molecular weight excluding hydrogens is 304 g/mol. The first kappa shape index (κ1) is 12.3. The molecule has 17 heavy (non-hydrogen) atoms. The Hall–Kier alpha value is -1.20. The Bertz CT molecular complexity index is 545.